The molecule has 0 aromatic heterocycles. The Morgan fingerprint density at radius 1 is 1.10 bits per heavy atom. The van der Waals surface area contributed by atoms with Gasteiger partial charge in [0.1, 0.15) is 5.75 Å². The quantitative estimate of drug-likeness (QED) is 0.672. The normalized spacial score (nSPS) is 12.5. The van der Waals surface area contributed by atoms with Crippen molar-refractivity contribution in [2.45, 2.75) is 39.5 Å². The van der Waals surface area contributed by atoms with E-state index in [4.69, 9.17) is 0 Å². The first kappa shape index (κ1) is 19.1. The largest absolute Gasteiger partial charge is 0.768 e. The van der Waals surface area contributed by atoms with E-state index >= 15 is 0 Å². The summed E-state index contributed by atoms with van der Waals surface area (Å²) in [5.41, 5.74) is 0.562. The molecule has 0 saturated carbocycles. The van der Waals surface area contributed by atoms with E-state index in [0.29, 0.717) is 5.56 Å². The number of aromatic hydroxyl groups is 1. The van der Waals surface area contributed by atoms with E-state index in [1.165, 1.54) is 36.7 Å². The van der Waals surface area contributed by atoms with Crippen molar-refractivity contribution in [2.75, 3.05) is 26.2 Å². The lowest BCUT2D eigenvalue weighted by atomic mass is 10.2. The molecule has 116 valence electrons. The third-order valence-electron chi connectivity index (χ3n) is 4.06. The smallest absolute Gasteiger partial charge is 0.133 e. The molecule has 0 spiro atoms. The summed E-state index contributed by atoms with van der Waals surface area (Å²) in [7, 11) is 0. The second-order valence-corrected chi connectivity index (χ2v) is 5.67. The fourth-order valence-electron chi connectivity index (χ4n) is 2.11. The summed E-state index contributed by atoms with van der Waals surface area (Å²) in [6, 6.07) is 4.58. The zero-order chi connectivity index (χ0) is 15.8. The molecule has 0 fully saturated rings. The van der Waals surface area contributed by atoms with Gasteiger partial charge in [0.05, 0.1) is 31.1 Å². The summed E-state index contributed by atoms with van der Waals surface area (Å²) in [6.45, 7) is 15.9. The number of hydrogen-bond acceptors (Lipinski definition) is 3. The highest BCUT2D eigenvalue weighted by molar-refractivity contribution is 7.79. The summed E-state index contributed by atoms with van der Waals surface area (Å²) in [5, 5.41) is 9.17. The Hall–Kier alpha value is -0.910. The first-order valence-corrected chi connectivity index (χ1v) is 8.17. The number of phenols is 1. The van der Waals surface area contributed by atoms with Gasteiger partial charge in [-0.2, -0.15) is 0 Å². The lowest BCUT2D eigenvalue weighted by Crippen LogP contribution is -2.47. The maximum atomic E-state index is 10.4. The lowest BCUT2D eigenvalue weighted by Gasteiger charge is -2.34. The maximum Gasteiger partial charge on any atom is 0.133 e. The van der Waals surface area contributed by atoms with Gasteiger partial charge in [0, 0.05) is 0 Å². The van der Waals surface area contributed by atoms with Crippen LogP contribution in [0.5, 0.6) is 5.75 Å². The van der Waals surface area contributed by atoms with E-state index in [1.807, 2.05) is 0 Å². The zero-order valence-corrected chi connectivity index (χ0v) is 14.0. The highest BCUT2D eigenvalue weighted by Gasteiger charge is 2.16. The molecule has 5 heteroatoms. The number of phenolic OH excluding ortho intramolecular Hbond substituents is 1. The van der Waals surface area contributed by atoms with Crippen LogP contribution in [0.1, 0.15) is 33.3 Å². The van der Waals surface area contributed by atoms with Crippen molar-refractivity contribution in [2.24, 2.45) is 0 Å². The van der Waals surface area contributed by atoms with Gasteiger partial charge in [0.2, 0.25) is 0 Å². The predicted molar refractivity (Wildman–Crippen MR) is 82.5 cm³/mol. The van der Waals surface area contributed by atoms with Gasteiger partial charge < -0.3 is 14.1 Å². The number of rotatable bonds is 5. The SMILES string of the molecule is CC[N+](CC)(CC)CC.Cc1cccc(S(=O)[O-])c1O. The van der Waals surface area contributed by atoms with Crippen LogP contribution in [0.4, 0.5) is 0 Å². The van der Waals surface area contributed by atoms with E-state index < -0.39 is 11.1 Å². The molecule has 0 heterocycles. The Kier molecular flexibility index (Phi) is 8.69. The van der Waals surface area contributed by atoms with Gasteiger partial charge in [-0.3, -0.25) is 4.21 Å². The van der Waals surface area contributed by atoms with Crippen molar-refractivity contribution >= 4 is 11.1 Å². The Morgan fingerprint density at radius 2 is 1.55 bits per heavy atom. The molecule has 0 saturated heterocycles. The summed E-state index contributed by atoms with van der Waals surface area (Å²) < 4.78 is 22.1. The Balaban J connectivity index is 0.000000370. The minimum absolute atomic E-state index is 0.0509. The molecule has 1 atom stereocenters. The van der Waals surface area contributed by atoms with Crippen molar-refractivity contribution in [3.63, 3.8) is 0 Å². The molecule has 4 nitrogen and oxygen atoms in total. The molecule has 0 aliphatic carbocycles. The fraction of sp³-hybridized carbons (Fsp3) is 0.600. The van der Waals surface area contributed by atoms with Gasteiger partial charge in [-0.1, -0.05) is 12.1 Å². The zero-order valence-electron chi connectivity index (χ0n) is 13.2. The molecular formula is C15H27NO3S. The Bertz CT molecular complexity index is 414. The minimum atomic E-state index is -2.35. The second-order valence-electron chi connectivity index (χ2n) is 4.76. The monoisotopic (exact) mass is 301 g/mol. The van der Waals surface area contributed by atoms with Crippen LogP contribution in [-0.4, -0.2) is 44.5 Å². The van der Waals surface area contributed by atoms with E-state index in [1.54, 1.807) is 19.1 Å². The Labute approximate surface area is 125 Å². The van der Waals surface area contributed by atoms with Crippen LogP contribution in [0.15, 0.2) is 23.1 Å². The van der Waals surface area contributed by atoms with Gasteiger partial charge in [-0.25, -0.2) is 0 Å². The van der Waals surface area contributed by atoms with Crippen molar-refractivity contribution in [3.8, 4) is 5.75 Å². The standard InChI is InChI=1S/C8H20N.C7H8O3S/c1-5-9(6-2,7-3)8-4;1-5-3-2-4-6(7(5)8)11(9)10/h5-8H2,1-4H3;2-4,8H,1H3,(H,9,10)/q+1;/p-1. The molecule has 1 aromatic carbocycles. The molecule has 20 heavy (non-hydrogen) atoms. The van der Waals surface area contributed by atoms with E-state index in [0.717, 1.165) is 0 Å². The predicted octanol–water partition coefficient (Wildman–Crippen LogP) is 2.82. The maximum absolute atomic E-state index is 10.4. The first-order valence-electron chi connectivity index (χ1n) is 7.10. The van der Waals surface area contributed by atoms with Gasteiger partial charge in [-0.15, -0.1) is 0 Å². The molecule has 1 unspecified atom stereocenters. The average Bonchev–Trinajstić information content (AvgIpc) is 2.45. The minimum Gasteiger partial charge on any atom is -0.768 e. The molecule has 0 aliphatic heterocycles. The van der Waals surface area contributed by atoms with Gasteiger partial charge in [-0.05, 0) is 57.3 Å². The number of quaternary nitrogens is 1. The van der Waals surface area contributed by atoms with Crippen LogP contribution in [-0.2, 0) is 11.1 Å². The van der Waals surface area contributed by atoms with Crippen molar-refractivity contribution in [1.82, 2.24) is 0 Å². The van der Waals surface area contributed by atoms with Crippen LogP contribution >= 0.6 is 0 Å². The molecule has 0 radical (unpaired) electrons. The van der Waals surface area contributed by atoms with Crippen LogP contribution in [0.2, 0.25) is 0 Å². The van der Waals surface area contributed by atoms with Crippen LogP contribution in [0.25, 0.3) is 0 Å². The van der Waals surface area contributed by atoms with Gasteiger partial charge >= 0.3 is 0 Å². The van der Waals surface area contributed by atoms with Crippen LogP contribution in [0, 0.1) is 6.92 Å². The third kappa shape index (κ3) is 5.23. The molecule has 0 aliphatic rings. The van der Waals surface area contributed by atoms with E-state index in [9.17, 15) is 13.9 Å². The Morgan fingerprint density at radius 3 is 1.80 bits per heavy atom. The fourth-order valence-corrected chi connectivity index (χ4v) is 2.62. The number of hydrogen-bond donors (Lipinski definition) is 1. The number of para-hydroxylation sites is 1. The molecule has 0 bridgehead atoms. The first-order chi connectivity index (χ1) is 9.37. The van der Waals surface area contributed by atoms with Gasteiger partial charge in [0.25, 0.3) is 0 Å². The van der Waals surface area contributed by atoms with Crippen molar-refractivity contribution < 1.29 is 18.4 Å². The second kappa shape index (κ2) is 9.10. The summed E-state index contributed by atoms with van der Waals surface area (Å²) in [5.74, 6) is -0.166. The van der Waals surface area contributed by atoms with Crippen molar-refractivity contribution in [3.05, 3.63) is 23.8 Å². The van der Waals surface area contributed by atoms with Crippen molar-refractivity contribution in [1.29, 1.82) is 0 Å². The average molecular weight is 301 g/mol. The number of nitrogens with zero attached hydrogens (tertiary/aromatic N) is 1. The summed E-state index contributed by atoms with van der Waals surface area (Å²) in [6.07, 6.45) is 0. The molecule has 1 rings (SSSR count). The van der Waals surface area contributed by atoms with E-state index in [2.05, 4.69) is 27.7 Å². The topological polar surface area (TPSA) is 60.4 Å². The molecular weight excluding hydrogens is 274 g/mol. The number of benzene rings is 1. The molecule has 0 amide bonds. The summed E-state index contributed by atoms with van der Waals surface area (Å²) in [4.78, 5) is -0.0509. The third-order valence-corrected chi connectivity index (χ3v) is 4.75. The summed E-state index contributed by atoms with van der Waals surface area (Å²) >= 11 is -2.35. The van der Waals surface area contributed by atoms with E-state index in [-0.39, 0.29) is 10.6 Å². The van der Waals surface area contributed by atoms with Gasteiger partial charge in [0.15, 0.2) is 0 Å². The van der Waals surface area contributed by atoms with Crippen LogP contribution in [0.3, 0.4) is 0 Å². The lowest BCUT2D eigenvalue weighted by molar-refractivity contribution is -0.921. The highest BCUT2D eigenvalue weighted by atomic mass is 32.2. The highest BCUT2D eigenvalue weighted by Crippen LogP contribution is 2.23. The number of aryl methyl sites for hydroxylation is 1. The van der Waals surface area contributed by atoms with Crippen LogP contribution < -0.4 is 0 Å². The molecule has 1 N–H and O–H groups in total. The molecule has 1 aromatic rings.